The largest absolute Gasteiger partial charge is 0.350 e. The Labute approximate surface area is 120 Å². The van der Waals surface area contributed by atoms with E-state index < -0.39 is 0 Å². The van der Waals surface area contributed by atoms with Crippen LogP contribution in [-0.2, 0) is 0 Å². The van der Waals surface area contributed by atoms with E-state index in [2.05, 4.69) is 22.6 Å². The third-order valence-corrected chi connectivity index (χ3v) is 3.90. The minimum absolute atomic E-state index is 0.0796. The molecule has 1 saturated heterocycles. The van der Waals surface area contributed by atoms with E-state index in [-0.39, 0.29) is 5.91 Å². The quantitative estimate of drug-likeness (QED) is 0.563. The number of rotatable bonds is 5. The van der Waals surface area contributed by atoms with E-state index in [4.69, 9.17) is 5.84 Å². The minimum Gasteiger partial charge on any atom is -0.350 e. The fourth-order valence-electron chi connectivity index (χ4n) is 2.62. The first-order valence-electron chi connectivity index (χ1n) is 7.21. The number of nitrogens with two attached hydrogens (primary N) is 1. The molecule has 1 aliphatic rings. The number of hydrazine groups is 1. The first-order chi connectivity index (χ1) is 9.61. The second-order valence-corrected chi connectivity index (χ2v) is 5.50. The van der Waals surface area contributed by atoms with Crippen LogP contribution in [0.15, 0.2) is 18.2 Å². The van der Waals surface area contributed by atoms with Gasteiger partial charge in [-0.3, -0.25) is 15.5 Å². The number of likely N-dealkylation sites (tertiary alicyclic amines) is 1. The van der Waals surface area contributed by atoms with Gasteiger partial charge >= 0.3 is 0 Å². The average molecular weight is 276 g/mol. The lowest BCUT2D eigenvalue weighted by Gasteiger charge is -2.24. The Hall–Kier alpha value is -1.59. The van der Waals surface area contributed by atoms with Gasteiger partial charge in [0.1, 0.15) is 0 Å². The minimum atomic E-state index is -0.0796. The van der Waals surface area contributed by atoms with Gasteiger partial charge in [-0.1, -0.05) is 6.07 Å². The molecule has 1 fully saturated rings. The molecular weight excluding hydrogens is 252 g/mol. The van der Waals surface area contributed by atoms with E-state index in [0.717, 1.165) is 18.7 Å². The lowest BCUT2D eigenvalue weighted by molar-refractivity contribution is 0.0941. The van der Waals surface area contributed by atoms with Gasteiger partial charge in [0, 0.05) is 12.6 Å². The molecule has 0 radical (unpaired) electrons. The standard InChI is InChI=1S/C15H24N4O/c1-11-5-6-13(14(9-11)18-16)15(20)17-10-12(2)19-7-3-4-8-19/h5-6,9,12,18H,3-4,7-8,10,16H2,1-2H3,(H,17,20). The number of anilines is 1. The molecule has 4 N–H and O–H groups in total. The summed E-state index contributed by atoms with van der Waals surface area (Å²) in [6.07, 6.45) is 2.52. The Morgan fingerprint density at radius 1 is 1.40 bits per heavy atom. The highest BCUT2D eigenvalue weighted by atomic mass is 16.1. The molecule has 0 bridgehead atoms. The van der Waals surface area contributed by atoms with E-state index in [9.17, 15) is 4.79 Å². The normalized spacial score (nSPS) is 16.9. The zero-order chi connectivity index (χ0) is 14.5. The number of nitrogens with one attached hydrogen (secondary N) is 2. The van der Waals surface area contributed by atoms with Crippen LogP contribution >= 0.6 is 0 Å². The Morgan fingerprint density at radius 3 is 2.75 bits per heavy atom. The van der Waals surface area contributed by atoms with Crippen molar-refractivity contribution in [3.63, 3.8) is 0 Å². The summed E-state index contributed by atoms with van der Waals surface area (Å²) in [5.41, 5.74) is 4.91. The third kappa shape index (κ3) is 3.49. The van der Waals surface area contributed by atoms with Crippen LogP contribution in [0.25, 0.3) is 0 Å². The van der Waals surface area contributed by atoms with E-state index in [1.807, 2.05) is 19.1 Å². The number of hydrogen-bond donors (Lipinski definition) is 3. The number of aryl methyl sites for hydroxylation is 1. The van der Waals surface area contributed by atoms with Crippen LogP contribution in [-0.4, -0.2) is 36.5 Å². The fraction of sp³-hybridized carbons (Fsp3) is 0.533. The molecule has 5 heteroatoms. The number of carbonyl (C=O) groups excluding carboxylic acids is 1. The maximum Gasteiger partial charge on any atom is 0.253 e. The predicted molar refractivity (Wildman–Crippen MR) is 81.6 cm³/mol. The molecule has 1 atom stereocenters. The lowest BCUT2D eigenvalue weighted by Crippen LogP contribution is -2.40. The lowest BCUT2D eigenvalue weighted by atomic mass is 10.1. The van der Waals surface area contributed by atoms with Crippen molar-refractivity contribution in [3.05, 3.63) is 29.3 Å². The molecule has 20 heavy (non-hydrogen) atoms. The number of benzene rings is 1. The molecule has 2 rings (SSSR count). The maximum atomic E-state index is 12.2. The van der Waals surface area contributed by atoms with Gasteiger partial charge in [-0.25, -0.2) is 0 Å². The van der Waals surface area contributed by atoms with Gasteiger partial charge in [0.2, 0.25) is 0 Å². The molecule has 1 unspecified atom stereocenters. The first-order valence-corrected chi connectivity index (χ1v) is 7.21. The molecule has 5 nitrogen and oxygen atoms in total. The van der Waals surface area contributed by atoms with Crippen molar-refractivity contribution >= 4 is 11.6 Å². The average Bonchev–Trinajstić information content (AvgIpc) is 2.98. The van der Waals surface area contributed by atoms with Crippen LogP contribution in [0, 0.1) is 6.92 Å². The molecule has 1 aliphatic heterocycles. The molecule has 0 aromatic heterocycles. The van der Waals surface area contributed by atoms with Crippen molar-refractivity contribution in [2.75, 3.05) is 25.1 Å². The zero-order valence-corrected chi connectivity index (χ0v) is 12.3. The summed E-state index contributed by atoms with van der Waals surface area (Å²) in [5.74, 6) is 5.39. The summed E-state index contributed by atoms with van der Waals surface area (Å²) < 4.78 is 0. The second kappa shape index (κ2) is 6.72. The van der Waals surface area contributed by atoms with Gasteiger partial charge in [-0.05, 0) is 57.5 Å². The molecule has 1 aromatic rings. The van der Waals surface area contributed by atoms with Crippen molar-refractivity contribution in [2.45, 2.75) is 32.7 Å². The maximum absolute atomic E-state index is 12.2. The van der Waals surface area contributed by atoms with E-state index in [0.29, 0.717) is 23.8 Å². The van der Waals surface area contributed by atoms with Gasteiger partial charge in [-0.2, -0.15) is 0 Å². The van der Waals surface area contributed by atoms with Crippen LogP contribution < -0.4 is 16.6 Å². The Morgan fingerprint density at radius 2 is 2.10 bits per heavy atom. The van der Waals surface area contributed by atoms with Gasteiger partial charge < -0.3 is 10.7 Å². The summed E-state index contributed by atoms with van der Waals surface area (Å²) in [6, 6.07) is 5.97. The highest BCUT2D eigenvalue weighted by Crippen LogP contribution is 2.16. The molecule has 0 spiro atoms. The highest BCUT2D eigenvalue weighted by molar-refractivity contribution is 5.99. The molecule has 1 amide bonds. The summed E-state index contributed by atoms with van der Waals surface area (Å²) >= 11 is 0. The smallest absolute Gasteiger partial charge is 0.253 e. The van der Waals surface area contributed by atoms with Gasteiger partial charge in [-0.15, -0.1) is 0 Å². The topological polar surface area (TPSA) is 70.4 Å². The number of nitrogens with zero attached hydrogens (tertiary/aromatic N) is 1. The fourth-order valence-corrected chi connectivity index (χ4v) is 2.62. The van der Waals surface area contributed by atoms with Gasteiger partial charge in [0.05, 0.1) is 11.3 Å². The summed E-state index contributed by atoms with van der Waals surface area (Å²) in [5, 5.41) is 2.99. The summed E-state index contributed by atoms with van der Waals surface area (Å²) in [7, 11) is 0. The van der Waals surface area contributed by atoms with Crippen molar-refractivity contribution < 1.29 is 4.79 Å². The Kier molecular flexibility index (Phi) is 4.98. The van der Waals surface area contributed by atoms with Gasteiger partial charge in [0.15, 0.2) is 0 Å². The monoisotopic (exact) mass is 276 g/mol. The zero-order valence-electron chi connectivity index (χ0n) is 12.3. The highest BCUT2D eigenvalue weighted by Gasteiger charge is 2.19. The molecule has 0 saturated carbocycles. The third-order valence-electron chi connectivity index (χ3n) is 3.90. The van der Waals surface area contributed by atoms with Crippen molar-refractivity contribution in [1.29, 1.82) is 0 Å². The SMILES string of the molecule is Cc1ccc(C(=O)NCC(C)N2CCCC2)c(NN)c1. The number of carbonyl (C=O) groups is 1. The number of hydrogen-bond acceptors (Lipinski definition) is 4. The summed E-state index contributed by atoms with van der Waals surface area (Å²) in [6.45, 7) is 7.06. The Balaban J connectivity index is 1.94. The molecule has 1 aromatic carbocycles. The van der Waals surface area contributed by atoms with E-state index in [1.54, 1.807) is 6.07 Å². The van der Waals surface area contributed by atoms with Crippen LogP contribution in [0.4, 0.5) is 5.69 Å². The summed E-state index contributed by atoms with van der Waals surface area (Å²) in [4.78, 5) is 14.6. The van der Waals surface area contributed by atoms with Crippen LogP contribution in [0.1, 0.15) is 35.7 Å². The van der Waals surface area contributed by atoms with Gasteiger partial charge in [0.25, 0.3) is 5.91 Å². The Bertz CT molecular complexity index is 469. The van der Waals surface area contributed by atoms with Crippen molar-refractivity contribution in [1.82, 2.24) is 10.2 Å². The first kappa shape index (κ1) is 14.8. The molecule has 0 aliphatic carbocycles. The second-order valence-electron chi connectivity index (χ2n) is 5.50. The van der Waals surface area contributed by atoms with Crippen molar-refractivity contribution in [2.24, 2.45) is 5.84 Å². The van der Waals surface area contributed by atoms with Crippen LogP contribution in [0.2, 0.25) is 0 Å². The van der Waals surface area contributed by atoms with Crippen LogP contribution in [0.3, 0.4) is 0 Å². The molecule has 110 valence electrons. The molecule has 1 heterocycles. The van der Waals surface area contributed by atoms with Crippen LogP contribution in [0.5, 0.6) is 0 Å². The number of nitrogen functional groups attached to an aromatic ring is 1. The number of amides is 1. The van der Waals surface area contributed by atoms with Crippen molar-refractivity contribution in [3.8, 4) is 0 Å². The molecular formula is C15H24N4O. The van der Waals surface area contributed by atoms with E-state index in [1.165, 1.54) is 12.8 Å². The van der Waals surface area contributed by atoms with E-state index >= 15 is 0 Å². The predicted octanol–water partition coefficient (Wildman–Crippen LogP) is 1.49.